The normalized spacial score (nSPS) is 31.9. The predicted molar refractivity (Wildman–Crippen MR) is 61.7 cm³/mol. The maximum atomic E-state index is 11.9. The minimum absolute atomic E-state index is 0.0781. The maximum absolute atomic E-state index is 11.9. The number of fused-ring (bicyclic) bond motifs is 2. The average molecular weight is 240 g/mol. The van der Waals surface area contributed by atoms with Gasteiger partial charge in [0.1, 0.15) is 0 Å². The third kappa shape index (κ3) is 1.72. The molecule has 3 heterocycles. The Morgan fingerprint density at radius 1 is 1.50 bits per heavy atom. The Bertz CT molecular complexity index is 417. The van der Waals surface area contributed by atoms with Crippen LogP contribution in [0.25, 0.3) is 0 Å². The van der Waals surface area contributed by atoms with Gasteiger partial charge in [0, 0.05) is 31.5 Å². The van der Waals surface area contributed by atoms with Gasteiger partial charge in [0.05, 0.1) is 5.02 Å². The highest BCUT2D eigenvalue weighted by Crippen LogP contribution is 2.27. The molecule has 1 aromatic rings. The van der Waals surface area contributed by atoms with E-state index in [1.54, 1.807) is 18.5 Å². The van der Waals surface area contributed by atoms with Crippen LogP contribution in [0.15, 0.2) is 18.5 Å². The first-order valence-corrected chi connectivity index (χ1v) is 5.97. The second kappa shape index (κ2) is 3.79. The minimum Gasteiger partial charge on any atom is -0.333 e. The van der Waals surface area contributed by atoms with Crippen molar-refractivity contribution in [1.29, 1.82) is 0 Å². The summed E-state index contributed by atoms with van der Waals surface area (Å²) >= 11 is 5.78. The molecule has 0 aliphatic carbocycles. The molecule has 86 valence electrons. The van der Waals surface area contributed by atoms with Crippen LogP contribution in [-0.4, -0.2) is 41.2 Å². The van der Waals surface area contributed by atoms with Gasteiger partial charge in [0.15, 0.2) is 0 Å². The number of rotatable bonds is 1. The molecule has 2 aliphatic heterocycles. The van der Waals surface area contributed by atoms with Crippen molar-refractivity contribution in [3.63, 3.8) is 0 Å². The number of carbonyl (C=O) groups is 1. The van der Waals surface area contributed by atoms with Crippen LogP contribution >= 0.6 is 11.6 Å². The van der Waals surface area contributed by atoms with Gasteiger partial charge < -0.3 is 10.2 Å². The van der Waals surface area contributed by atoms with E-state index in [-0.39, 0.29) is 6.03 Å². The smallest absolute Gasteiger partial charge is 0.325 e. The fourth-order valence-corrected chi connectivity index (χ4v) is 2.84. The number of nitrogens with one attached hydrogen (secondary N) is 1. The lowest BCUT2D eigenvalue weighted by Gasteiger charge is -2.23. The van der Waals surface area contributed by atoms with Crippen LogP contribution < -0.4 is 5.32 Å². The summed E-state index contributed by atoms with van der Waals surface area (Å²) in [4.78, 5) is 14.3. The Hall–Kier alpha value is -1.00. The summed E-state index contributed by atoms with van der Waals surface area (Å²) in [6, 6.07) is 1.94. The first kappa shape index (κ1) is 10.2. The zero-order valence-corrected chi connectivity index (χ0v) is 9.65. The van der Waals surface area contributed by atoms with Gasteiger partial charge in [0.2, 0.25) is 0 Å². The quantitative estimate of drug-likeness (QED) is 0.805. The molecule has 2 aliphatic rings. The van der Waals surface area contributed by atoms with Crippen LogP contribution in [-0.2, 0) is 0 Å². The summed E-state index contributed by atoms with van der Waals surface area (Å²) in [6.45, 7) is 3.31. The molecule has 0 spiro atoms. The first-order valence-electron chi connectivity index (χ1n) is 5.59. The zero-order chi connectivity index (χ0) is 11.1. The van der Waals surface area contributed by atoms with Crippen LogP contribution in [0.3, 0.4) is 0 Å². The predicted octanol–water partition coefficient (Wildman–Crippen LogP) is 1.40. The van der Waals surface area contributed by atoms with Gasteiger partial charge in [-0.25, -0.2) is 4.79 Å². The van der Waals surface area contributed by atoms with Gasteiger partial charge in [-0.3, -0.25) is 4.57 Å². The van der Waals surface area contributed by atoms with Crippen LogP contribution in [0.4, 0.5) is 4.79 Å². The molecule has 0 aromatic carbocycles. The molecule has 2 saturated heterocycles. The van der Waals surface area contributed by atoms with Crippen LogP contribution in [0, 0.1) is 5.92 Å². The highest BCUT2D eigenvalue weighted by Gasteiger charge is 2.38. The van der Waals surface area contributed by atoms with Gasteiger partial charge in [0.25, 0.3) is 0 Å². The zero-order valence-electron chi connectivity index (χ0n) is 8.90. The molecule has 4 nitrogen and oxygen atoms in total. The number of halogens is 1. The SMILES string of the molecule is O=C(NC1CN2CC[C@H]1C2)n1ccc(Cl)c1. The molecule has 2 unspecified atom stereocenters. The molecule has 0 saturated carbocycles. The van der Waals surface area contributed by atoms with Crippen LogP contribution in [0.2, 0.25) is 5.02 Å². The number of aromatic nitrogens is 1. The standard InChI is InChI=1S/C11H14ClN3O/c12-9-2-4-15(6-9)11(16)13-10-7-14-3-1-8(10)5-14/h2,4,6,8,10H,1,3,5,7H2,(H,13,16)/t8-,10?/m0/s1. The van der Waals surface area contributed by atoms with Crippen molar-refractivity contribution >= 4 is 17.6 Å². The Morgan fingerprint density at radius 3 is 2.94 bits per heavy atom. The summed E-state index contributed by atoms with van der Waals surface area (Å²) in [5.74, 6) is 0.634. The third-order valence-electron chi connectivity index (χ3n) is 3.53. The second-order valence-electron chi connectivity index (χ2n) is 4.60. The van der Waals surface area contributed by atoms with E-state index in [0.29, 0.717) is 17.0 Å². The van der Waals surface area contributed by atoms with Crippen molar-refractivity contribution in [2.24, 2.45) is 5.92 Å². The lowest BCUT2D eigenvalue weighted by Crippen LogP contribution is -2.44. The fourth-order valence-electron chi connectivity index (χ4n) is 2.68. The Balaban J connectivity index is 1.65. The van der Waals surface area contributed by atoms with Crippen molar-refractivity contribution in [3.05, 3.63) is 23.5 Å². The largest absolute Gasteiger partial charge is 0.333 e. The summed E-state index contributed by atoms with van der Waals surface area (Å²) in [5.41, 5.74) is 0. The molecular formula is C11H14ClN3O. The van der Waals surface area contributed by atoms with Crippen LogP contribution in [0.5, 0.6) is 0 Å². The highest BCUT2D eigenvalue weighted by molar-refractivity contribution is 6.30. The van der Waals surface area contributed by atoms with Gasteiger partial charge in [-0.15, -0.1) is 0 Å². The summed E-state index contributed by atoms with van der Waals surface area (Å²) < 4.78 is 1.50. The van der Waals surface area contributed by atoms with E-state index < -0.39 is 0 Å². The number of piperidine rings is 1. The average Bonchev–Trinajstić information content (AvgIpc) is 2.92. The lowest BCUT2D eigenvalue weighted by atomic mass is 10.0. The van der Waals surface area contributed by atoms with Crippen molar-refractivity contribution in [1.82, 2.24) is 14.8 Å². The van der Waals surface area contributed by atoms with Gasteiger partial charge >= 0.3 is 6.03 Å². The maximum Gasteiger partial charge on any atom is 0.325 e. The van der Waals surface area contributed by atoms with Crippen LogP contribution in [0.1, 0.15) is 6.42 Å². The van der Waals surface area contributed by atoms with E-state index in [4.69, 9.17) is 11.6 Å². The third-order valence-corrected chi connectivity index (χ3v) is 3.76. The topological polar surface area (TPSA) is 37.3 Å². The summed E-state index contributed by atoms with van der Waals surface area (Å²) in [7, 11) is 0. The fraction of sp³-hybridized carbons (Fsp3) is 0.545. The first-order chi connectivity index (χ1) is 7.72. The van der Waals surface area contributed by atoms with Crippen molar-refractivity contribution < 1.29 is 4.79 Å². The number of amides is 1. The van der Waals surface area contributed by atoms with E-state index in [9.17, 15) is 4.79 Å². The molecule has 0 radical (unpaired) electrons. The molecule has 2 fully saturated rings. The summed E-state index contributed by atoms with van der Waals surface area (Å²) in [5, 5.41) is 3.65. The van der Waals surface area contributed by atoms with Gasteiger partial charge in [-0.2, -0.15) is 0 Å². The van der Waals surface area contributed by atoms with Crippen molar-refractivity contribution in [2.45, 2.75) is 12.5 Å². The van der Waals surface area contributed by atoms with E-state index >= 15 is 0 Å². The number of hydrogen-bond donors (Lipinski definition) is 1. The summed E-state index contributed by atoms with van der Waals surface area (Å²) in [6.07, 6.45) is 4.52. The molecule has 1 aromatic heterocycles. The monoisotopic (exact) mass is 239 g/mol. The molecular weight excluding hydrogens is 226 g/mol. The van der Waals surface area contributed by atoms with E-state index in [1.807, 2.05) is 0 Å². The molecule has 1 amide bonds. The second-order valence-corrected chi connectivity index (χ2v) is 5.04. The Kier molecular flexibility index (Phi) is 2.41. The molecule has 5 heteroatoms. The van der Waals surface area contributed by atoms with E-state index in [2.05, 4.69) is 10.2 Å². The lowest BCUT2D eigenvalue weighted by molar-refractivity contribution is 0.231. The molecule has 3 atom stereocenters. The molecule has 3 rings (SSSR count). The number of hydrogen-bond acceptors (Lipinski definition) is 2. The number of nitrogens with zero attached hydrogens (tertiary/aromatic N) is 2. The van der Waals surface area contributed by atoms with Crippen molar-refractivity contribution in [3.8, 4) is 0 Å². The van der Waals surface area contributed by atoms with E-state index in [0.717, 1.165) is 13.1 Å². The highest BCUT2D eigenvalue weighted by atomic mass is 35.5. The van der Waals surface area contributed by atoms with E-state index in [1.165, 1.54) is 17.5 Å². The van der Waals surface area contributed by atoms with Crippen molar-refractivity contribution in [2.75, 3.05) is 19.6 Å². The number of carbonyl (C=O) groups excluding carboxylic acids is 1. The molecule has 1 N–H and O–H groups in total. The molecule has 2 bridgehead atoms. The Labute approximate surface area is 99.2 Å². The molecule has 16 heavy (non-hydrogen) atoms. The van der Waals surface area contributed by atoms with Gasteiger partial charge in [-0.1, -0.05) is 11.6 Å². The Morgan fingerprint density at radius 2 is 2.38 bits per heavy atom. The van der Waals surface area contributed by atoms with Gasteiger partial charge in [-0.05, 0) is 24.9 Å². The minimum atomic E-state index is -0.0781.